The Morgan fingerprint density at radius 1 is 0.257 bits per heavy atom. The Kier molecular flexibility index (Phi) is 17.2. The lowest BCUT2D eigenvalue weighted by atomic mass is 9.73. The first kappa shape index (κ1) is 75.7. The minimum Gasteiger partial charge on any atom is -0.399 e. The monoisotopic (exact) mass is 1510 g/mol. The molecule has 2 heterocycles. The number of fused-ring (bicyclic) bond motifs is 15. The SMILES string of the molecule is CC1(C)c2cc(B3OC(C)(C)C(C)(C)O3)ccc2-c2ccc(B3OC(C)(C)C(C)(C)O3)cc21.Cc1cc2c(cc1-c1ccc3c(c1)C(C)(C)c1cc(-c4cc5c(cc4C)-c4ccc(C(C)(C)C)cc4C5(C)C)ccc1-3)C(C)(C)c1cc(C(C)(C)C)ccc1-2.Cc1cc2c(cc1Br)C(C)(C)c1cc(C(C)(C)C)ccc1-2.[2H][2H]. The van der Waals surface area contributed by atoms with Crippen molar-refractivity contribution in [2.75, 3.05) is 0 Å². The summed E-state index contributed by atoms with van der Waals surface area (Å²) in [5.74, 6) is 0. The Labute approximate surface area is 666 Å². The van der Waals surface area contributed by atoms with Crippen LogP contribution in [0.2, 0.25) is 0 Å². The summed E-state index contributed by atoms with van der Waals surface area (Å²) in [6.45, 7) is 68.0. The average molecular weight is 1510 g/mol. The number of aryl methyl sites for hydroxylation is 3. The van der Waals surface area contributed by atoms with E-state index < -0.39 is 0 Å². The minimum atomic E-state index is -0.361. The van der Waals surface area contributed by atoms with E-state index in [9.17, 15) is 0 Å². The second kappa shape index (κ2) is 24.8. The van der Waals surface area contributed by atoms with Crippen molar-refractivity contribution in [1.29, 1.82) is 0 Å². The lowest BCUT2D eigenvalue weighted by molar-refractivity contribution is 0.00578. The van der Waals surface area contributed by atoms with E-state index in [0.29, 0.717) is 0 Å². The van der Waals surface area contributed by atoms with Gasteiger partial charge >= 0.3 is 14.2 Å². The van der Waals surface area contributed by atoms with Crippen molar-refractivity contribution >= 4 is 41.1 Å². The molecule has 0 unspecified atom stereocenters. The molecule has 10 aromatic rings. The zero-order valence-corrected chi connectivity index (χ0v) is 72.8. The van der Waals surface area contributed by atoms with Crippen LogP contribution < -0.4 is 10.9 Å². The predicted octanol–water partition coefficient (Wildman–Crippen LogP) is 26.3. The van der Waals surface area contributed by atoms with E-state index in [1.807, 2.05) is 0 Å². The van der Waals surface area contributed by atoms with Crippen LogP contribution in [0.1, 0.15) is 279 Å². The van der Waals surface area contributed by atoms with Crippen LogP contribution in [0, 0.1) is 20.8 Å². The topological polar surface area (TPSA) is 36.9 Å². The molecule has 17 rings (SSSR count). The fraction of sp³-hybridized carbons (Fsp3) is 0.412. The van der Waals surface area contributed by atoms with Gasteiger partial charge in [0.25, 0.3) is 0 Å². The van der Waals surface area contributed by atoms with E-state index in [-0.39, 0.29) is 80.0 Å². The van der Waals surface area contributed by atoms with Crippen molar-refractivity contribution in [1.82, 2.24) is 0 Å². The average Bonchev–Trinajstić information content (AvgIpc) is 1.58. The Hall–Kier alpha value is -7.35. The third kappa shape index (κ3) is 12.2. The molecule has 0 atom stereocenters. The molecule has 2 saturated heterocycles. The maximum absolute atomic E-state index is 6.33. The fourth-order valence-electron chi connectivity index (χ4n) is 18.8. The molecule has 10 aromatic carbocycles. The largest absolute Gasteiger partial charge is 0.494 e. The number of rotatable bonds is 4. The van der Waals surface area contributed by atoms with E-state index in [2.05, 4.69) is 387 Å². The lowest BCUT2D eigenvalue weighted by Gasteiger charge is -2.32. The summed E-state index contributed by atoms with van der Waals surface area (Å²) in [4.78, 5) is 0. The Balaban J connectivity index is 0.000000154. The standard InChI is InChI=1S/C55H58.C27H36B2O4.C20H23Br.H2/c1-31-23-43-39-21-17-35(51(3,4)5)27-47(39)54(11,12)49(43)29-41(31)33-15-19-37-38-20-16-34(26-46(38)53(9,10)45(37)25-33)42-30-50-44(24-32(42)2)40-22-18-36(52(6,7)8)28-48(40)55(50,13)14;1-23(2)21-15-17(28-30-24(3,4)25(5,6)31-28)11-13-19(21)20-14-12-18(16-22(20)23)29-32-26(7,8)27(9,10)33-29;1-12-9-15-14-8-7-13(19(2,3)4)10-16(14)20(5,6)17(15)11-18(12)21;/h15-30H,1-14H3;11-16H,1-10H3;7-11H,1-6H3;1H/i;;;1+1D. The first-order valence-corrected chi connectivity index (χ1v) is 40.9. The summed E-state index contributed by atoms with van der Waals surface area (Å²) in [5.41, 5.74) is 42.2. The summed E-state index contributed by atoms with van der Waals surface area (Å²) < 4.78 is 36.5. The first-order chi connectivity index (χ1) is 51.3. The van der Waals surface area contributed by atoms with Gasteiger partial charge in [0.1, 0.15) is 0 Å². The van der Waals surface area contributed by atoms with Gasteiger partial charge in [0.15, 0.2) is 0 Å². The summed E-state index contributed by atoms with van der Waals surface area (Å²) in [5, 5.41) is 0. The van der Waals surface area contributed by atoms with Gasteiger partial charge in [-0.2, -0.15) is 0 Å². The smallest absolute Gasteiger partial charge is 0.399 e. The van der Waals surface area contributed by atoms with E-state index in [0.717, 1.165) is 10.9 Å². The van der Waals surface area contributed by atoms with E-state index >= 15 is 0 Å². The first-order valence-electron chi connectivity index (χ1n) is 41.2. The van der Waals surface area contributed by atoms with Gasteiger partial charge in [-0.05, 0) is 307 Å². The highest BCUT2D eigenvalue weighted by Gasteiger charge is 2.54. The van der Waals surface area contributed by atoms with Crippen molar-refractivity contribution in [2.45, 2.75) is 273 Å². The third-order valence-corrected chi connectivity index (χ3v) is 28.5. The summed E-state index contributed by atoms with van der Waals surface area (Å²) in [6.07, 6.45) is 0. The van der Waals surface area contributed by atoms with E-state index in [1.54, 1.807) is 0 Å². The molecular weight excluding hydrogens is 1390 g/mol. The van der Waals surface area contributed by atoms with Gasteiger partial charge < -0.3 is 18.6 Å². The van der Waals surface area contributed by atoms with Gasteiger partial charge in [-0.25, -0.2) is 0 Å². The Morgan fingerprint density at radius 3 is 0.780 bits per heavy atom. The maximum atomic E-state index is 6.33. The zero-order chi connectivity index (χ0) is 81.1. The van der Waals surface area contributed by atoms with Crippen LogP contribution >= 0.6 is 15.9 Å². The number of halogens is 1. The van der Waals surface area contributed by atoms with Gasteiger partial charge in [0, 0.05) is 34.5 Å². The molecule has 0 N–H and O–H groups in total. The van der Waals surface area contributed by atoms with Crippen LogP contribution in [0.3, 0.4) is 0 Å². The Morgan fingerprint density at radius 2 is 0.486 bits per heavy atom. The quantitative estimate of drug-likeness (QED) is 0.165. The molecule has 5 aliphatic carbocycles. The number of benzene rings is 10. The van der Waals surface area contributed by atoms with Crippen LogP contribution in [0.5, 0.6) is 0 Å². The normalized spacial score (nSPS) is 19.1. The lowest BCUT2D eigenvalue weighted by Crippen LogP contribution is -2.41. The van der Waals surface area contributed by atoms with Crippen LogP contribution in [0.4, 0.5) is 0 Å². The van der Waals surface area contributed by atoms with Crippen molar-refractivity contribution in [3.63, 3.8) is 0 Å². The molecule has 0 spiro atoms. The molecule has 7 aliphatic rings. The molecule has 0 bridgehead atoms. The highest BCUT2D eigenvalue weighted by atomic mass is 79.9. The van der Waals surface area contributed by atoms with Gasteiger partial charge in [-0.1, -0.05) is 275 Å². The second-order valence-electron chi connectivity index (χ2n) is 41.0. The fourth-order valence-corrected chi connectivity index (χ4v) is 19.1. The molecule has 4 nitrogen and oxygen atoms in total. The predicted molar refractivity (Wildman–Crippen MR) is 470 cm³/mol. The molecule has 0 saturated carbocycles. The van der Waals surface area contributed by atoms with Gasteiger partial charge in [0.2, 0.25) is 0 Å². The van der Waals surface area contributed by atoms with E-state index in [1.165, 1.54) is 171 Å². The van der Waals surface area contributed by atoms with Crippen molar-refractivity contribution in [3.8, 4) is 77.9 Å². The van der Waals surface area contributed by atoms with Crippen molar-refractivity contribution < 1.29 is 21.6 Å². The minimum absolute atomic E-state index is 0.0555. The molecule has 2 aliphatic heterocycles. The van der Waals surface area contributed by atoms with Crippen LogP contribution in [0.15, 0.2) is 168 Å². The highest BCUT2D eigenvalue weighted by Crippen LogP contribution is 2.58. The van der Waals surface area contributed by atoms with Crippen molar-refractivity contribution in [3.05, 3.63) is 257 Å². The molecule has 0 amide bonds. The molecule has 109 heavy (non-hydrogen) atoms. The molecule has 2 fully saturated rings. The van der Waals surface area contributed by atoms with Crippen LogP contribution in [-0.2, 0) is 61.9 Å². The third-order valence-electron chi connectivity index (χ3n) is 27.7. The summed E-state index contributed by atoms with van der Waals surface area (Å²) in [7, 11) is -0.722. The van der Waals surface area contributed by atoms with Gasteiger partial charge in [-0.15, -0.1) is 0 Å². The van der Waals surface area contributed by atoms with Crippen LogP contribution in [-0.4, -0.2) is 36.6 Å². The molecule has 564 valence electrons. The number of hydrogen-bond donors (Lipinski definition) is 0. The zero-order valence-electron chi connectivity index (χ0n) is 73.3. The second-order valence-corrected chi connectivity index (χ2v) is 41.9. The summed E-state index contributed by atoms with van der Waals surface area (Å²) in [6, 6.07) is 63.8. The van der Waals surface area contributed by atoms with Crippen LogP contribution in [0.25, 0.3) is 77.9 Å². The molecule has 0 radical (unpaired) electrons. The van der Waals surface area contributed by atoms with Gasteiger partial charge in [-0.3, -0.25) is 0 Å². The maximum Gasteiger partial charge on any atom is 0.494 e. The number of hydrogen-bond acceptors (Lipinski definition) is 4. The summed E-state index contributed by atoms with van der Waals surface area (Å²) >= 11 is 3.69. The van der Waals surface area contributed by atoms with Gasteiger partial charge in [0.05, 0.1) is 22.4 Å². The molecule has 0 aromatic heterocycles. The van der Waals surface area contributed by atoms with Crippen molar-refractivity contribution in [2.24, 2.45) is 0 Å². The Bertz CT molecular complexity index is 5200. The molecule has 7 heteroatoms. The van der Waals surface area contributed by atoms with E-state index in [4.69, 9.17) is 21.6 Å². The molecular formula is C102H119B2BrO4. The highest BCUT2D eigenvalue weighted by molar-refractivity contribution is 9.10.